The Labute approximate surface area is 176 Å². The number of nitrogens with one attached hydrogen (secondary N) is 1. The molecular weight excluding hydrogens is 407 g/mol. The van der Waals surface area contributed by atoms with Gasteiger partial charge in [0.1, 0.15) is 18.2 Å². The van der Waals surface area contributed by atoms with Crippen molar-refractivity contribution in [3.63, 3.8) is 0 Å². The summed E-state index contributed by atoms with van der Waals surface area (Å²) >= 11 is 0. The number of carbonyl (C=O) groups is 4. The summed E-state index contributed by atoms with van der Waals surface area (Å²) in [5.74, 6) is -2.59. The van der Waals surface area contributed by atoms with Gasteiger partial charge in [0.25, 0.3) is 11.8 Å². The third-order valence-corrected chi connectivity index (χ3v) is 5.22. The maximum absolute atomic E-state index is 13.5. The summed E-state index contributed by atoms with van der Waals surface area (Å²) in [4.78, 5) is 59.4. The van der Waals surface area contributed by atoms with Crippen LogP contribution in [0.2, 0.25) is 0 Å². The van der Waals surface area contributed by atoms with Crippen LogP contribution < -0.4 is 16.0 Å². The van der Waals surface area contributed by atoms with Crippen molar-refractivity contribution in [3.05, 3.63) is 53.2 Å². The molecule has 4 amide bonds. The molecule has 1 atom stereocenters. The van der Waals surface area contributed by atoms with Gasteiger partial charge in [-0.05, 0) is 24.1 Å². The molecule has 2 aliphatic rings. The van der Waals surface area contributed by atoms with Gasteiger partial charge < -0.3 is 10.6 Å². The number of piperidine rings is 1. The van der Waals surface area contributed by atoms with Crippen LogP contribution in [0.15, 0.2) is 30.6 Å². The number of fused-ring (bicyclic) bond motifs is 1. The first-order valence-corrected chi connectivity index (χ1v) is 9.66. The monoisotopic (exact) mass is 426 g/mol. The van der Waals surface area contributed by atoms with Gasteiger partial charge in [0, 0.05) is 32.1 Å². The predicted octanol–water partition coefficient (Wildman–Crippen LogP) is -0.0178. The van der Waals surface area contributed by atoms with Crippen molar-refractivity contribution in [2.24, 2.45) is 5.73 Å². The Hall–Kier alpha value is -3.73. The summed E-state index contributed by atoms with van der Waals surface area (Å²) in [6.07, 6.45) is 1.25. The van der Waals surface area contributed by atoms with Gasteiger partial charge in [0.05, 0.1) is 11.1 Å². The minimum absolute atomic E-state index is 0.0542. The SMILES string of the molecule is NCCN(Cc1ccc2c(c1)C(=O)N(C1CCC(=O)NC1=O)C2=O)c1cc(F)ncn1. The zero-order chi connectivity index (χ0) is 22.1. The highest BCUT2D eigenvalue weighted by atomic mass is 19.1. The number of amides is 4. The van der Waals surface area contributed by atoms with Crippen molar-refractivity contribution < 1.29 is 23.6 Å². The van der Waals surface area contributed by atoms with Gasteiger partial charge in [0.15, 0.2) is 0 Å². The van der Waals surface area contributed by atoms with Crippen molar-refractivity contribution in [1.29, 1.82) is 0 Å². The molecule has 31 heavy (non-hydrogen) atoms. The van der Waals surface area contributed by atoms with E-state index in [4.69, 9.17) is 5.73 Å². The molecule has 10 nitrogen and oxygen atoms in total. The minimum atomic E-state index is -1.02. The Balaban J connectivity index is 1.59. The van der Waals surface area contributed by atoms with E-state index >= 15 is 0 Å². The largest absolute Gasteiger partial charge is 0.351 e. The Bertz CT molecular complexity index is 1090. The lowest BCUT2D eigenvalue weighted by molar-refractivity contribution is -0.136. The highest BCUT2D eigenvalue weighted by Gasteiger charge is 2.44. The van der Waals surface area contributed by atoms with Crippen LogP contribution in [0.3, 0.4) is 0 Å². The van der Waals surface area contributed by atoms with Crippen LogP contribution in [0.5, 0.6) is 0 Å². The molecule has 0 aliphatic carbocycles. The van der Waals surface area contributed by atoms with E-state index in [1.54, 1.807) is 17.0 Å². The van der Waals surface area contributed by atoms with E-state index in [1.165, 1.54) is 12.1 Å². The Kier molecular flexibility index (Phi) is 5.42. The topological polar surface area (TPSA) is 139 Å². The summed E-state index contributed by atoms with van der Waals surface area (Å²) in [6, 6.07) is 4.94. The molecule has 0 saturated carbocycles. The molecule has 4 rings (SSSR count). The normalized spacial score (nSPS) is 18.3. The third-order valence-electron chi connectivity index (χ3n) is 5.22. The number of imide groups is 2. The van der Waals surface area contributed by atoms with Crippen LogP contribution >= 0.6 is 0 Å². The summed E-state index contributed by atoms with van der Waals surface area (Å²) in [5, 5.41) is 2.16. The quantitative estimate of drug-likeness (QED) is 0.486. The first kappa shape index (κ1) is 20.5. The second-order valence-corrected chi connectivity index (χ2v) is 7.24. The van der Waals surface area contributed by atoms with Gasteiger partial charge in [-0.2, -0.15) is 4.39 Å². The Morgan fingerprint density at radius 2 is 1.90 bits per heavy atom. The van der Waals surface area contributed by atoms with Gasteiger partial charge in [-0.15, -0.1) is 0 Å². The van der Waals surface area contributed by atoms with Gasteiger partial charge in [-0.3, -0.25) is 29.4 Å². The lowest BCUT2D eigenvalue weighted by Gasteiger charge is -2.27. The smallest absolute Gasteiger partial charge is 0.262 e. The van der Waals surface area contributed by atoms with E-state index < -0.39 is 35.6 Å². The predicted molar refractivity (Wildman–Crippen MR) is 105 cm³/mol. The number of nitrogens with zero attached hydrogens (tertiary/aromatic N) is 4. The molecule has 1 unspecified atom stereocenters. The molecule has 2 aromatic rings. The van der Waals surface area contributed by atoms with Gasteiger partial charge in [0.2, 0.25) is 17.8 Å². The fourth-order valence-electron chi connectivity index (χ4n) is 3.76. The van der Waals surface area contributed by atoms with E-state index in [1.807, 2.05) is 0 Å². The standard InChI is InChI=1S/C20H19FN6O4/c21-15-8-16(24-10-23-15)26(6-5-22)9-11-1-2-12-13(7-11)20(31)27(19(12)30)14-3-4-17(28)25-18(14)29/h1-2,7-8,10,14H,3-6,9,22H2,(H,25,28,29). The van der Waals surface area contributed by atoms with Crippen molar-refractivity contribution in [2.75, 3.05) is 18.0 Å². The van der Waals surface area contributed by atoms with Gasteiger partial charge in [-0.25, -0.2) is 9.97 Å². The molecule has 3 N–H and O–H groups in total. The van der Waals surface area contributed by atoms with Crippen LogP contribution in [-0.4, -0.2) is 57.6 Å². The lowest BCUT2D eigenvalue weighted by Crippen LogP contribution is -2.54. The van der Waals surface area contributed by atoms with E-state index in [-0.39, 0.29) is 37.1 Å². The lowest BCUT2D eigenvalue weighted by atomic mass is 10.0. The molecular formula is C20H19FN6O4. The summed E-state index contributed by atoms with van der Waals surface area (Å²) in [7, 11) is 0. The number of anilines is 1. The second-order valence-electron chi connectivity index (χ2n) is 7.24. The van der Waals surface area contributed by atoms with E-state index in [0.29, 0.717) is 17.9 Å². The second kappa shape index (κ2) is 8.19. The minimum Gasteiger partial charge on any atom is -0.351 e. The average Bonchev–Trinajstić information content (AvgIpc) is 2.98. The summed E-state index contributed by atoms with van der Waals surface area (Å²) in [6.45, 7) is 0.931. The number of halogens is 1. The molecule has 1 fully saturated rings. The fraction of sp³-hybridized carbons (Fsp3) is 0.300. The molecule has 3 heterocycles. The maximum Gasteiger partial charge on any atom is 0.262 e. The van der Waals surface area contributed by atoms with Crippen LogP contribution in [0.1, 0.15) is 39.1 Å². The highest BCUT2D eigenvalue weighted by molar-refractivity contribution is 6.23. The van der Waals surface area contributed by atoms with Crippen LogP contribution in [-0.2, 0) is 16.1 Å². The molecule has 0 spiro atoms. The highest BCUT2D eigenvalue weighted by Crippen LogP contribution is 2.29. The fourth-order valence-corrected chi connectivity index (χ4v) is 3.76. The van der Waals surface area contributed by atoms with Crippen LogP contribution in [0.25, 0.3) is 0 Å². The molecule has 1 saturated heterocycles. The Morgan fingerprint density at radius 3 is 2.61 bits per heavy atom. The summed E-state index contributed by atoms with van der Waals surface area (Å²) in [5.41, 5.74) is 6.71. The average molecular weight is 426 g/mol. The summed E-state index contributed by atoms with van der Waals surface area (Å²) < 4.78 is 13.5. The van der Waals surface area contributed by atoms with Gasteiger partial charge in [-0.1, -0.05) is 6.07 Å². The number of hydrogen-bond acceptors (Lipinski definition) is 8. The van der Waals surface area contributed by atoms with E-state index in [2.05, 4.69) is 15.3 Å². The van der Waals surface area contributed by atoms with Crippen LogP contribution in [0, 0.1) is 5.95 Å². The first-order chi connectivity index (χ1) is 14.9. The van der Waals surface area contributed by atoms with E-state index in [9.17, 15) is 23.6 Å². The number of rotatable bonds is 6. The molecule has 1 aromatic carbocycles. The Morgan fingerprint density at radius 1 is 1.13 bits per heavy atom. The molecule has 160 valence electrons. The zero-order valence-corrected chi connectivity index (χ0v) is 16.4. The molecule has 0 radical (unpaired) electrons. The number of nitrogens with two attached hydrogens (primary N) is 1. The number of aromatic nitrogens is 2. The van der Waals surface area contributed by atoms with Crippen molar-refractivity contribution in [3.8, 4) is 0 Å². The van der Waals surface area contributed by atoms with Crippen molar-refractivity contribution >= 4 is 29.4 Å². The molecule has 0 bridgehead atoms. The first-order valence-electron chi connectivity index (χ1n) is 9.66. The number of hydrogen-bond donors (Lipinski definition) is 2. The molecule has 11 heteroatoms. The molecule has 2 aliphatic heterocycles. The van der Waals surface area contributed by atoms with Crippen LogP contribution in [0.4, 0.5) is 10.2 Å². The maximum atomic E-state index is 13.5. The molecule has 1 aromatic heterocycles. The van der Waals surface area contributed by atoms with Gasteiger partial charge >= 0.3 is 0 Å². The van der Waals surface area contributed by atoms with E-state index in [0.717, 1.165) is 11.2 Å². The van der Waals surface area contributed by atoms with Crippen molar-refractivity contribution in [2.45, 2.75) is 25.4 Å². The zero-order valence-electron chi connectivity index (χ0n) is 16.4. The number of carbonyl (C=O) groups excluding carboxylic acids is 4. The third kappa shape index (κ3) is 3.87. The number of benzene rings is 1. The van der Waals surface area contributed by atoms with Crippen molar-refractivity contribution in [1.82, 2.24) is 20.2 Å².